The molecule has 0 saturated heterocycles. The first-order valence-corrected chi connectivity index (χ1v) is 9.89. The molecule has 2 N–H and O–H groups in total. The molecule has 6 nitrogen and oxygen atoms in total. The first kappa shape index (κ1) is 19.2. The number of hydrogen-bond acceptors (Lipinski definition) is 4. The Labute approximate surface area is 169 Å². The van der Waals surface area contributed by atoms with Crippen LogP contribution in [0.5, 0.6) is 0 Å². The highest BCUT2D eigenvalue weighted by Gasteiger charge is 2.29. The number of carbonyl (C=O) groups is 1. The largest absolute Gasteiger partial charge is 0.385 e. The second-order valence-corrected chi connectivity index (χ2v) is 8.02. The highest BCUT2D eigenvalue weighted by atomic mass is 16.3. The first-order valence-electron chi connectivity index (χ1n) is 9.89. The number of aliphatic hydroxyl groups is 1. The lowest BCUT2D eigenvalue weighted by atomic mass is 9.92. The average Bonchev–Trinajstić information content (AvgIpc) is 2.96. The summed E-state index contributed by atoms with van der Waals surface area (Å²) in [6.07, 6.45) is 3.10. The van der Waals surface area contributed by atoms with Crippen molar-refractivity contribution in [2.45, 2.75) is 51.2 Å². The van der Waals surface area contributed by atoms with Crippen molar-refractivity contribution in [3.63, 3.8) is 0 Å². The minimum Gasteiger partial charge on any atom is -0.385 e. The Morgan fingerprint density at radius 3 is 2.69 bits per heavy atom. The number of imidazole rings is 1. The second-order valence-electron chi connectivity index (χ2n) is 8.02. The number of aromatic nitrogens is 2. The fraction of sp³-hybridized carbons (Fsp3) is 0.348. The molecule has 1 aliphatic rings. The Kier molecular flexibility index (Phi) is 4.85. The van der Waals surface area contributed by atoms with Gasteiger partial charge in [0.15, 0.2) is 0 Å². The van der Waals surface area contributed by atoms with Gasteiger partial charge in [0.05, 0.1) is 34.7 Å². The highest BCUT2D eigenvalue weighted by molar-refractivity contribution is 5.92. The van der Waals surface area contributed by atoms with Crippen LogP contribution in [0.2, 0.25) is 0 Å². The Balaban J connectivity index is 1.65. The molecule has 2 aromatic carbocycles. The molecule has 0 bridgehead atoms. The summed E-state index contributed by atoms with van der Waals surface area (Å²) in [7, 11) is 0. The molecule has 0 aliphatic heterocycles. The summed E-state index contributed by atoms with van der Waals surface area (Å²) in [5.74, 6) is 0.181. The van der Waals surface area contributed by atoms with E-state index in [1.165, 1.54) is 0 Å². The van der Waals surface area contributed by atoms with Crippen LogP contribution in [0.4, 0.5) is 5.95 Å². The van der Waals surface area contributed by atoms with Crippen molar-refractivity contribution in [3.8, 4) is 6.07 Å². The number of nitrogens with zero attached hydrogens (tertiary/aromatic N) is 3. The SMILES string of the molecule is Cc1cc2nc(NC(=O)CC(C)(O)c3ccccc3)n(C3CCC3)c2cc1C#N. The van der Waals surface area contributed by atoms with Crippen LogP contribution in [-0.4, -0.2) is 20.6 Å². The van der Waals surface area contributed by atoms with Crippen LogP contribution < -0.4 is 5.32 Å². The fourth-order valence-electron chi connectivity index (χ4n) is 3.85. The Morgan fingerprint density at radius 2 is 2.07 bits per heavy atom. The molecular weight excluding hydrogens is 364 g/mol. The smallest absolute Gasteiger partial charge is 0.229 e. The standard InChI is InChI=1S/C23H24N4O2/c1-15-11-19-20(12-16(15)14-24)27(18-9-6-10-18)22(25-19)26-21(28)13-23(2,29)17-7-4-3-5-8-17/h3-5,7-8,11-12,18,29H,6,9-10,13H2,1-2H3,(H,25,26,28). The van der Waals surface area contributed by atoms with Gasteiger partial charge in [-0.25, -0.2) is 4.98 Å². The normalized spacial score (nSPS) is 16.1. The summed E-state index contributed by atoms with van der Waals surface area (Å²) >= 11 is 0. The summed E-state index contributed by atoms with van der Waals surface area (Å²) in [5.41, 5.74) is 2.52. The number of rotatable bonds is 5. The van der Waals surface area contributed by atoms with Gasteiger partial charge >= 0.3 is 0 Å². The van der Waals surface area contributed by atoms with Crippen molar-refractivity contribution in [3.05, 3.63) is 59.2 Å². The maximum absolute atomic E-state index is 12.8. The van der Waals surface area contributed by atoms with Crippen molar-refractivity contribution < 1.29 is 9.90 Å². The number of carbonyl (C=O) groups excluding carboxylic acids is 1. The molecule has 1 saturated carbocycles. The van der Waals surface area contributed by atoms with Crippen molar-refractivity contribution in [1.29, 1.82) is 5.26 Å². The van der Waals surface area contributed by atoms with Gasteiger partial charge in [-0.3, -0.25) is 10.1 Å². The second kappa shape index (κ2) is 7.34. The van der Waals surface area contributed by atoms with E-state index in [-0.39, 0.29) is 18.4 Å². The van der Waals surface area contributed by atoms with Crippen LogP contribution >= 0.6 is 0 Å². The minimum absolute atomic E-state index is 0.0760. The average molecular weight is 388 g/mol. The summed E-state index contributed by atoms with van der Waals surface area (Å²) in [6, 6.07) is 15.4. The van der Waals surface area contributed by atoms with E-state index in [1.54, 1.807) is 6.92 Å². The maximum atomic E-state index is 12.8. The summed E-state index contributed by atoms with van der Waals surface area (Å²) in [4.78, 5) is 17.4. The highest BCUT2D eigenvalue weighted by Crippen LogP contribution is 2.38. The molecule has 1 atom stereocenters. The van der Waals surface area contributed by atoms with E-state index in [0.717, 1.165) is 35.9 Å². The van der Waals surface area contributed by atoms with Gasteiger partial charge in [-0.2, -0.15) is 5.26 Å². The third-order valence-electron chi connectivity index (χ3n) is 5.75. The van der Waals surface area contributed by atoms with Gasteiger partial charge in [-0.05, 0) is 56.4 Å². The summed E-state index contributed by atoms with van der Waals surface area (Å²) in [6.45, 7) is 3.52. The zero-order valence-corrected chi connectivity index (χ0v) is 16.6. The zero-order valence-electron chi connectivity index (χ0n) is 16.6. The summed E-state index contributed by atoms with van der Waals surface area (Å²) in [5, 5.41) is 23.1. The maximum Gasteiger partial charge on any atom is 0.229 e. The molecule has 6 heteroatoms. The van der Waals surface area contributed by atoms with E-state index >= 15 is 0 Å². The monoisotopic (exact) mass is 388 g/mol. The third kappa shape index (κ3) is 3.62. The molecule has 29 heavy (non-hydrogen) atoms. The minimum atomic E-state index is -1.27. The van der Waals surface area contributed by atoms with Gasteiger partial charge in [-0.15, -0.1) is 0 Å². The quantitative estimate of drug-likeness (QED) is 0.686. The molecule has 1 unspecified atom stereocenters. The Morgan fingerprint density at radius 1 is 1.34 bits per heavy atom. The topological polar surface area (TPSA) is 90.9 Å². The molecule has 0 radical (unpaired) electrons. The van der Waals surface area contributed by atoms with Crippen LogP contribution in [0.15, 0.2) is 42.5 Å². The predicted molar refractivity (Wildman–Crippen MR) is 111 cm³/mol. The molecular formula is C23H24N4O2. The van der Waals surface area contributed by atoms with Gasteiger partial charge in [0.2, 0.25) is 11.9 Å². The Hall–Kier alpha value is -3.17. The van der Waals surface area contributed by atoms with E-state index in [9.17, 15) is 15.2 Å². The number of nitrogens with one attached hydrogen (secondary N) is 1. The predicted octanol–water partition coefficient (Wildman–Crippen LogP) is 4.18. The van der Waals surface area contributed by atoms with Crippen molar-refractivity contribution >= 4 is 22.9 Å². The summed E-state index contributed by atoms with van der Waals surface area (Å²) < 4.78 is 2.04. The molecule has 1 aromatic heterocycles. The van der Waals surface area contributed by atoms with Gasteiger partial charge in [-0.1, -0.05) is 30.3 Å². The van der Waals surface area contributed by atoms with Gasteiger partial charge in [0.1, 0.15) is 0 Å². The van der Waals surface area contributed by atoms with E-state index < -0.39 is 5.60 Å². The zero-order chi connectivity index (χ0) is 20.6. The lowest BCUT2D eigenvalue weighted by Gasteiger charge is -2.29. The Bertz CT molecular complexity index is 1110. The first-order chi connectivity index (χ1) is 13.9. The van der Waals surface area contributed by atoms with Gasteiger partial charge in [0.25, 0.3) is 0 Å². The van der Waals surface area contributed by atoms with E-state index in [1.807, 2.05) is 54.0 Å². The number of hydrogen-bond donors (Lipinski definition) is 2. The van der Waals surface area contributed by atoms with Crippen LogP contribution in [0.1, 0.15) is 55.3 Å². The van der Waals surface area contributed by atoms with Crippen LogP contribution in [0.25, 0.3) is 11.0 Å². The fourth-order valence-corrected chi connectivity index (χ4v) is 3.85. The molecule has 4 rings (SSSR count). The lowest BCUT2D eigenvalue weighted by molar-refractivity contribution is -0.120. The molecule has 1 heterocycles. The van der Waals surface area contributed by atoms with E-state index in [2.05, 4.69) is 16.4 Å². The van der Waals surface area contributed by atoms with Crippen molar-refractivity contribution in [1.82, 2.24) is 9.55 Å². The third-order valence-corrected chi connectivity index (χ3v) is 5.75. The number of amides is 1. The van der Waals surface area contributed by atoms with E-state index in [4.69, 9.17) is 0 Å². The molecule has 1 aliphatic carbocycles. The number of aryl methyl sites for hydroxylation is 1. The van der Waals surface area contributed by atoms with E-state index in [0.29, 0.717) is 17.1 Å². The lowest BCUT2D eigenvalue weighted by Crippen LogP contribution is -2.30. The number of benzene rings is 2. The van der Waals surface area contributed by atoms with Gasteiger partial charge in [0, 0.05) is 6.04 Å². The van der Waals surface area contributed by atoms with Crippen LogP contribution in [0.3, 0.4) is 0 Å². The molecule has 1 amide bonds. The number of nitriles is 1. The van der Waals surface area contributed by atoms with Crippen molar-refractivity contribution in [2.75, 3.05) is 5.32 Å². The molecule has 3 aromatic rings. The molecule has 1 fully saturated rings. The van der Waals surface area contributed by atoms with Crippen molar-refractivity contribution in [2.24, 2.45) is 0 Å². The number of anilines is 1. The van der Waals surface area contributed by atoms with Gasteiger partial charge < -0.3 is 9.67 Å². The molecule has 148 valence electrons. The molecule has 0 spiro atoms. The number of fused-ring (bicyclic) bond motifs is 1. The van der Waals surface area contributed by atoms with Crippen LogP contribution in [-0.2, 0) is 10.4 Å². The van der Waals surface area contributed by atoms with Crippen LogP contribution in [0, 0.1) is 18.3 Å².